The summed E-state index contributed by atoms with van der Waals surface area (Å²) < 4.78 is 4.92. The first-order valence-corrected chi connectivity index (χ1v) is 6.10. The van der Waals surface area contributed by atoms with Gasteiger partial charge in [0.1, 0.15) is 0 Å². The summed E-state index contributed by atoms with van der Waals surface area (Å²) in [6.07, 6.45) is 6.76. The molecule has 2 heteroatoms. The quantitative estimate of drug-likeness (QED) is 0.501. The molecule has 2 rings (SSSR count). The number of hydrogen-bond donors (Lipinski definition) is 0. The Morgan fingerprint density at radius 3 is 2.94 bits per heavy atom. The summed E-state index contributed by atoms with van der Waals surface area (Å²) in [6.45, 7) is 4.33. The molecule has 2 aliphatic carbocycles. The average Bonchev–Trinajstić information content (AvgIpc) is 2.28. The monoisotopic (exact) mass is 220 g/mol. The van der Waals surface area contributed by atoms with Crippen molar-refractivity contribution in [2.75, 3.05) is 7.11 Å². The Labute approximate surface area is 97.4 Å². The highest BCUT2D eigenvalue weighted by atomic mass is 16.5. The van der Waals surface area contributed by atoms with Crippen molar-refractivity contribution >= 4 is 5.97 Å². The van der Waals surface area contributed by atoms with Crippen LogP contribution in [0.25, 0.3) is 0 Å². The molecular formula is C14H20O2. The van der Waals surface area contributed by atoms with Gasteiger partial charge in [0.2, 0.25) is 0 Å². The van der Waals surface area contributed by atoms with Crippen molar-refractivity contribution in [1.29, 1.82) is 0 Å². The molecule has 0 spiro atoms. The second-order valence-electron chi connectivity index (χ2n) is 5.10. The van der Waals surface area contributed by atoms with Crippen LogP contribution in [0, 0.1) is 11.8 Å². The Hall–Kier alpha value is -1.05. The van der Waals surface area contributed by atoms with Gasteiger partial charge in [-0.05, 0) is 38.5 Å². The Kier molecular flexibility index (Phi) is 3.17. The van der Waals surface area contributed by atoms with Crippen LogP contribution >= 0.6 is 0 Å². The smallest absolute Gasteiger partial charge is 0.334 e. The Morgan fingerprint density at radius 2 is 2.25 bits per heavy atom. The summed E-state index contributed by atoms with van der Waals surface area (Å²) in [5.41, 5.74) is 3.59. The van der Waals surface area contributed by atoms with Gasteiger partial charge in [-0.2, -0.15) is 0 Å². The second-order valence-corrected chi connectivity index (χ2v) is 5.10. The number of allylic oxidation sites excluding steroid dienone is 3. The zero-order valence-electron chi connectivity index (χ0n) is 10.4. The third-order valence-electron chi connectivity index (χ3n) is 3.90. The largest absolute Gasteiger partial charge is 0.466 e. The van der Waals surface area contributed by atoms with Gasteiger partial charge in [0, 0.05) is 11.5 Å². The highest BCUT2D eigenvalue weighted by Gasteiger charge is 2.33. The van der Waals surface area contributed by atoms with Crippen LogP contribution in [0.5, 0.6) is 0 Å². The molecule has 16 heavy (non-hydrogen) atoms. The van der Waals surface area contributed by atoms with Gasteiger partial charge in [0.25, 0.3) is 0 Å². The minimum atomic E-state index is -0.123. The SMILES string of the molecule is COC(=O)C1=C(C)CC=C2CCC(C)CC21. The van der Waals surface area contributed by atoms with E-state index in [-0.39, 0.29) is 5.97 Å². The van der Waals surface area contributed by atoms with Crippen molar-refractivity contribution in [2.45, 2.75) is 39.5 Å². The lowest BCUT2D eigenvalue weighted by Gasteiger charge is -2.34. The van der Waals surface area contributed by atoms with E-state index in [0.717, 1.165) is 24.8 Å². The predicted octanol–water partition coefficient (Wildman–Crippen LogP) is 3.24. The molecule has 2 aliphatic rings. The van der Waals surface area contributed by atoms with E-state index in [0.29, 0.717) is 11.8 Å². The van der Waals surface area contributed by atoms with Crippen LogP contribution in [0.3, 0.4) is 0 Å². The number of rotatable bonds is 1. The Balaban J connectivity index is 2.30. The fourth-order valence-corrected chi connectivity index (χ4v) is 2.92. The van der Waals surface area contributed by atoms with Crippen molar-refractivity contribution in [2.24, 2.45) is 11.8 Å². The molecule has 0 radical (unpaired) electrons. The summed E-state index contributed by atoms with van der Waals surface area (Å²) in [7, 11) is 1.48. The summed E-state index contributed by atoms with van der Waals surface area (Å²) in [6, 6.07) is 0. The highest BCUT2D eigenvalue weighted by Crippen LogP contribution is 2.42. The number of esters is 1. The number of hydrogen-bond acceptors (Lipinski definition) is 2. The van der Waals surface area contributed by atoms with Crippen molar-refractivity contribution in [3.05, 3.63) is 22.8 Å². The van der Waals surface area contributed by atoms with Gasteiger partial charge >= 0.3 is 5.97 Å². The van der Waals surface area contributed by atoms with Crippen molar-refractivity contribution in [3.8, 4) is 0 Å². The fraction of sp³-hybridized carbons (Fsp3) is 0.643. The second kappa shape index (κ2) is 4.44. The van der Waals surface area contributed by atoms with E-state index < -0.39 is 0 Å². The summed E-state index contributed by atoms with van der Waals surface area (Å²) in [5.74, 6) is 0.930. The zero-order valence-corrected chi connectivity index (χ0v) is 10.4. The summed E-state index contributed by atoms with van der Waals surface area (Å²) in [4.78, 5) is 11.8. The number of ether oxygens (including phenoxy) is 1. The predicted molar refractivity (Wildman–Crippen MR) is 63.9 cm³/mol. The van der Waals surface area contributed by atoms with Crippen molar-refractivity contribution in [3.63, 3.8) is 0 Å². The molecule has 0 aromatic carbocycles. The van der Waals surface area contributed by atoms with Gasteiger partial charge in [0.05, 0.1) is 7.11 Å². The van der Waals surface area contributed by atoms with E-state index in [4.69, 9.17) is 4.74 Å². The summed E-state index contributed by atoms with van der Waals surface area (Å²) >= 11 is 0. The van der Waals surface area contributed by atoms with Crippen LogP contribution in [0.1, 0.15) is 39.5 Å². The maximum Gasteiger partial charge on any atom is 0.334 e. The first kappa shape index (κ1) is 11.4. The van der Waals surface area contributed by atoms with Gasteiger partial charge in [-0.15, -0.1) is 0 Å². The molecular weight excluding hydrogens is 200 g/mol. The van der Waals surface area contributed by atoms with Gasteiger partial charge < -0.3 is 4.74 Å². The van der Waals surface area contributed by atoms with Crippen LogP contribution in [0.4, 0.5) is 0 Å². The maximum atomic E-state index is 11.8. The summed E-state index contributed by atoms with van der Waals surface area (Å²) in [5, 5.41) is 0. The molecule has 0 aromatic heterocycles. The molecule has 1 saturated carbocycles. The number of fused-ring (bicyclic) bond motifs is 1. The van der Waals surface area contributed by atoms with Crippen LogP contribution in [0.2, 0.25) is 0 Å². The Bertz CT molecular complexity index is 363. The van der Waals surface area contributed by atoms with E-state index >= 15 is 0 Å². The number of carbonyl (C=O) groups is 1. The lowest BCUT2D eigenvalue weighted by atomic mass is 9.71. The standard InChI is InChI=1S/C14H20O2/c1-9-4-6-11-7-5-10(2)13(12(11)8-9)14(15)16-3/h7,9,12H,4-6,8H2,1-3H3. The van der Waals surface area contributed by atoms with Crippen molar-refractivity contribution in [1.82, 2.24) is 0 Å². The first-order chi connectivity index (χ1) is 7.63. The molecule has 0 aromatic rings. The van der Waals surface area contributed by atoms with Crippen LogP contribution in [0.15, 0.2) is 22.8 Å². The normalized spacial score (nSPS) is 29.6. The highest BCUT2D eigenvalue weighted by molar-refractivity contribution is 5.91. The molecule has 88 valence electrons. The van der Waals surface area contributed by atoms with Crippen LogP contribution in [-0.4, -0.2) is 13.1 Å². The van der Waals surface area contributed by atoms with Gasteiger partial charge in [-0.25, -0.2) is 4.79 Å². The van der Waals surface area contributed by atoms with E-state index in [1.807, 2.05) is 0 Å². The Morgan fingerprint density at radius 1 is 1.50 bits per heavy atom. The van der Waals surface area contributed by atoms with Crippen LogP contribution in [-0.2, 0) is 9.53 Å². The third kappa shape index (κ3) is 1.93. The minimum Gasteiger partial charge on any atom is -0.466 e. The third-order valence-corrected chi connectivity index (χ3v) is 3.90. The van der Waals surface area contributed by atoms with E-state index in [9.17, 15) is 4.79 Å². The van der Waals surface area contributed by atoms with Crippen molar-refractivity contribution < 1.29 is 9.53 Å². The molecule has 2 nitrogen and oxygen atoms in total. The van der Waals surface area contributed by atoms with E-state index in [1.54, 1.807) is 0 Å². The molecule has 1 fully saturated rings. The lowest BCUT2D eigenvalue weighted by molar-refractivity contribution is -0.136. The van der Waals surface area contributed by atoms with E-state index in [2.05, 4.69) is 19.9 Å². The topological polar surface area (TPSA) is 26.3 Å². The minimum absolute atomic E-state index is 0.123. The maximum absolute atomic E-state index is 11.8. The number of methoxy groups -OCH3 is 1. The lowest BCUT2D eigenvalue weighted by Crippen LogP contribution is -2.26. The van der Waals surface area contributed by atoms with Crippen LogP contribution < -0.4 is 0 Å². The molecule has 0 heterocycles. The van der Waals surface area contributed by atoms with Gasteiger partial charge in [-0.1, -0.05) is 24.1 Å². The fourth-order valence-electron chi connectivity index (χ4n) is 2.92. The van der Waals surface area contributed by atoms with Gasteiger partial charge in [0.15, 0.2) is 0 Å². The molecule has 0 amide bonds. The van der Waals surface area contributed by atoms with Gasteiger partial charge in [-0.3, -0.25) is 0 Å². The molecule has 0 bridgehead atoms. The molecule has 2 unspecified atom stereocenters. The molecule has 0 saturated heterocycles. The molecule has 2 atom stereocenters. The first-order valence-electron chi connectivity index (χ1n) is 6.10. The average molecular weight is 220 g/mol. The molecule has 0 aliphatic heterocycles. The van der Waals surface area contributed by atoms with E-state index in [1.165, 1.54) is 24.7 Å². The molecule has 0 N–H and O–H groups in total. The zero-order chi connectivity index (χ0) is 11.7. The number of carbonyl (C=O) groups excluding carboxylic acids is 1.